The van der Waals surface area contributed by atoms with Gasteiger partial charge in [0.1, 0.15) is 5.82 Å². The highest BCUT2D eigenvalue weighted by atomic mass is 19.1. The summed E-state index contributed by atoms with van der Waals surface area (Å²) in [5, 5.41) is 4.67. The first-order valence-electron chi connectivity index (χ1n) is 12.7. The molecule has 0 aliphatic carbocycles. The second kappa shape index (κ2) is 9.48. The van der Waals surface area contributed by atoms with E-state index in [1.165, 1.54) is 12.1 Å². The lowest BCUT2D eigenvalue weighted by Crippen LogP contribution is -2.62. The molecule has 0 bridgehead atoms. The quantitative estimate of drug-likeness (QED) is 0.448. The Kier molecular flexibility index (Phi) is 6.00. The van der Waals surface area contributed by atoms with Gasteiger partial charge < -0.3 is 19.7 Å². The van der Waals surface area contributed by atoms with Crippen LogP contribution >= 0.6 is 0 Å². The fourth-order valence-corrected chi connectivity index (χ4v) is 5.49. The normalized spacial score (nSPS) is 17.8. The smallest absolute Gasteiger partial charge is 0.254 e. The number of nitrogens with zero attached hydrogens (tertiary/aromatic N) is 3. The average Bonchev–Trinajstić information content (AvgIpc) is 3.50. The minimum absolute atomic E-state index is 0.0248. The SMILES string of the molecule is Cn1cc(-c2ccc(F)cc2)c2ccc(C(=O)N3CC(N[C@H]4CCN(C(=O)c5ccccc5)C4)C3)cc21. The summed E-state index contributed by atoms with van der Waals surface area (Å²) in [6.45, 7) is 2.76. The predicted octanol–water partition coefficient (Wildman–Crippen LogP) is 4.31. The van der Waals surface area contributed by atoms with E-state index in [1.807, 2.05) is 76.1 Å². The number of hydrogen-bond donors (Lipinski definition) is 1. The van der Waals surface area contributed by atoms with E-state index in [1.54, 1.807) is 12.1 Å². The second-order valence-electron chi connectivity index (χ2n) is 10.1. The van der Waals surface area contributed by atoms with Gasteiger partial charge in [-0.1, -0.05) is 36.4 Å². The molecule has 6 rings (SSSR count). The van der Waals surface area contributed by atoms with Gasteiger partial charge in [0.05, 0.1) is 0 Å². The number of likely N-dealkylation sites (tertiary alicyclic amines) is 2. The van der Waals surface area contributed by atoms with Crippen LogP contribution in [-0.2, 0) is 7.05 Å². The number of carbonyl (C=O) groups excluding carboxylic acids is 2. The number of aromatic nitrogens is 1. The lowest BCUT2D eigenvalue weighted by molar-refractivity contribution is 0.0553. The molecule has 2 aliphatic heterocycles. The highest BCUT2D eigenvalue weighted by molar-refractivity contribution is 6.02. The number of rotatable bonds is 5. The molecule has 6 nitrogen and oxygen atoms in total. The van der Waals surface area contributed by atoms with Crippen molar-refractivity contribution in [2.45, 2.75) is 18.5 Å². The Labute approximate surface area is 215 Å². The number of hydrogen-bond acceptors (Lipinski definition) is 3. The van der Waals surface area contributed by atoms with Crippen LogP contribution in [-0.4, -0.2) is 64.4 Å². The molecule has 37 heavy (non-hydrogen) atoms. The van der Waals surface area contributed by atoms with E-state index in [2.05, 4.69) is 5.32 Å². The third kappa shape index (κ3) is 4.51. The van der Waals surface area contributed by atoms with Crippen LogP contribution in [0.4, 0.5) is 4.39 Å². The summed E-state index contributed by atoms with van der Waals surface area (Å²) in [7, 11) is 1.96. The predicted molar refractivity (Wildman–Crippen MR) is 142 cm³/mol. The monoisotopic (exact) mass is 496 g/mol. The fraction of sp³-hybridized carbons (Fsp3) is 0.267. The van der Waals surface area contributed by atoms with E-state index in [-0.39, 0.29) is 29.7 Å². The molecule has 1 N–H and O–H groups in total. The summed E-state index contributed by atoms with van der Waals surface area (Å²) in [5.74, 6) is -0.157. The van der Waals surface area contributed by atoms with Crippen molar-refractivity contribution in [1.82, 2.24) is 19.7 Å². The van der Waals surface area contributed by atoms with Crippen LogP contribution in [0.2, 0.25) is 0 Å². The van der Waals surface area contributed by atoms with Crippen LogP contribution in [0.3, 0.4) is 0 Å². The number of fused-ring (bicyclic) bond motifs is 1. The van der Waals surface area contributed by atoms with Gasteiger partial charge in [0.2, 0.25) is 0 Å². The third-order valence-electron chi connectivity index (χ3n) is 7.53. The number of aryl methyl sites for hydroxylation is 1. The lowest BCUT2D eigenvalue weighted by Gasteiger charge is -2.41. The van der Waals surface area contributed by atoms with Gasteiger partial charge >= 0.3 is 0 Å². The molecule has 0 spiro atoms. The van der Waals surface area contributed by atoms with Gasteiger partial charge in [-0.2, -0.15) is 0 Å². The molecular weight excluding hydrogens is 467 g/mol. The summed E-state index contributed by atoms with van der Waals surface area (Å²) in [4.78, 5) is 29.6. The van der Waals surface area contributed by atoms with Gasteiger partial charge in [-0.05, 0) is 48.4 Å². The zero-order valence-electron chi connectivity index (χ0n) is 20.7. The van der Waals surface area contributed by atoms with Gasteiger partial charge in [0.15, 0.2) is 0 Å². The van der Waals surface area contributed by atoms with Gasteiger partial charge in [-0.3, -0.25) is 9.59 Å². The van der Waals surface area contributed by atoms with Crippen LogP contribution in [0.5, 0.6) is 0 Å². The standard InChI is InChI=1S/C30H29FN4O2/c1-33-19-27(20-7-10-23(31)11-8-20)26-12-9-22(15-28(26)33)30(37)35-17-25(18-35)32-24-13-14-34(16-24)29(36)21-5-3-2-4-6-21/h2-12,15,19,24-25,32H,13-14,16-18H2,1H3/t24-/m0/s1. The maximum atomic E-state index is 13.4. The average molecular weight is 497 g/mol. The van der Waals surface area contributed by atoms with Crippen molar-refractivity contribution in [2.75, 3.05) is 26.2 Å². The largest absolute Gasteiger partial charge is 0.350 e. The summed E-state index contributed by atoms with van der Waals surface area (Å²) >= 11 is 0. The van der Waals surface area contributed by atoms with Crippen molar-refractivity contribution >= 4 is 22.7 Å². The molecule has 3 heterocycles. The summed E-state index contributed by atoms with van der Waals surface area (Å²) in [5.41, 5.74) is 4.32. The topological polar surface area (TPSA) is 57.6 Å². The molecule has 188 valence electrons. The Morgan fingerprint density at radius 2 is 1.54 bits per heavy atom. The highest BCUT2D eigenvalue weighted by Gasteiger charge is 2.35. The zero-order chi connectivity index (χ0) is 25.5. The Balaban J connectivity index is 1.06. The van der Waals surface area contributed by atoms with E-state index >= 15 is 0 Å². The van der Waals surface area contributed by atoms with Gasteiger partial charge in [0, 0.05) is 79.1 Å². The van der Waals surface area contributed by atoms with E-state index in [0.717, 1.165) is 40.6 Å². The van der Waals surface area contributed by atoms with Crippen molar-refractivity contribution in [3.8, 4) is 11.1 Å². The molecule has 3 aromatic carbocycles. The molecule has 4 aromatic rings. The number of carbonyl (C=O) groups is 2. The Morgan fingerprint density at radius 3 is 2.30 bits per heavy atom. The summed E-state index contributed by atoms with van der Waals surface area (Å²) < 4.78 is 15.4. The maximum absolute atomic E-state index is 13.4. The molecule has 0 unspecified atom stereocenters. The van der Waals surface area contributed by atoms with Crippen LogP contribution in [0.25, 0.3) is 22.0 Å². The van der Waals surface area contributed by atoms with Crippen LogP contribution in [0.15, 0.2) is 79.0 Å². The molecule has 7 heteroatoms. The maximum Gasteiger partial charge on any atom is 0.254 e. The van der Waals surface area contributed by atoms with E-state index in [9.17, 15) is 14.0 Å². The van der Waals surface area contributed by atoms with Crippen molar-refractivity contribution in [1.29, 1.82) is 0 Å². The Hall–Kier alpha value is -3.97. The minimum Gasteiger partial charge on any atom is -0.350 e. The lowest BCUT2D eigenvalue weighted by atomic mass is 10.0. The van der Waals surface area contributed by atoms with Crippen LogP contribution in [0.1, 0.15) is 27.1 Å². The minimum atomic E-state index is -0.259. The van der Waals surface area contributed by atoms with E-state index < -0.39 is 0 Å². The van der Waals surface area contributed by atoms with Crippen molar-refractivity contribution in [2.24, 2.45) is 7.05 Å². The summed E-state index contributed by atoms with van der Waals surface area (Å²) in [6, 6.07) is 22.2. The van der Waals surface area contributed by atoms with Crippen LogP contribution in [0, 0.1) is 5.82 Å². The molecule has 1 aromatic heterocycles. The fourth-order valence-electron chi connectivity index (χ4n) is 5.49. The highest BCUT2D eigenvalue weighted by Crippen LogP contribution is 2.31. The third-order valence-corrected chi connectivity index (χ3v) is 7.53. The number of nitrogens with one attached hydrogen (secondary N) is 1. The van der Waals surface area contributed by atoms with Gasteiger partial charge in [-0.25, -0.2) is 4.39 Å². The first-order valence-corrected chi connectivity index (χ1v) is 12.7. The molecule has 2 amide bonds. The molecule has 0 radical (unpaired) electrons. The second-order valence-corrected chi connectivity index (χ2v) is 10.1. The number of halogens is 1. The molecule has 1 atom stereocenters. The number of benzene rings is 3. The molecule has 2 saturated heterocycles. The first kappa shape index (κ1) is 23.4. The van der Waals surface area contributed by atoms with Gasteiger partial charge in [-0.15, -0.1) is 0 Å². The Morgan fingerprint density at radius 1 is 0.838 bits per heavy atom. The molecule has 2 fully saturated rings. The molecule has 0 saturated carbocycles. The van der Waals surface area contributed by atoms with Crippen molar-refractivity contribution in [3.05, 3.63) is 95.9 Å². The zero-order valence-corrected chi connectivity index (χ0v) is 20.7. The van der Waals surface area contributed by atoms with E-state index in [4.69, 9.17) is 0 Å². The van der Waals surface area contributed by atoms with Gasteiger partial charge in [0.25, 0.3) is 11.8 Å². The van der Waals surface area contributed by atoms with Crippen LogP contribution < -0.4 is 5.32 Å². The summed E-state index contributed by atoms with van der Waals surface area (Å²) in [6.07, 6.45) is 2.94. The first-order chi connectivity index (χ1) is 18.0. The molecule has 2 aliphatic rings. The number of amides is 2. The van der Waals surface area contributed by atoms with E-state index in [0.29, 0.717) is 25.2 Å². The van der Waals surface area contributed by atoms with Crippen molar-refractivity contribution in [3.63, 3.8) is 0 Å². The Bertz CT molecular complexity index is 1460. The molecular formula is C30H29FN4O2. The van der Waals surface area contributed by atoms with Crippen molar-refractivity contribution < 1.29 is 14.0 Å².